The standard InChI is InChI=1S/C12H20N6O/c1-3-4-9-15-10(7-11(16-9)17-13)14-8-5-6-18(2)12(8)19/h7-8H,3-6,13H2,1-2H3,(H2,14,15,16,17). The van der Waals surface area contributed by atoms with Crippen LogP contribution in [0.25, 0.3) is 0 Å². The number of likely N-dealkylation sites (N-methyl/N-ethyl adjacent to an activating group) is 1. The van der Waals surface area contributed by atoms with Crippen LogP contribution in [0.4, 0.5) is 11.6 Å². The summed E-state index contributed by atoms with van der Waals surface area (Å²) in [4.78, 5) is 22.2. The Morgan fingerprint density at radius 1 is 1.47 bits per heavy atom. The van der Waals surface area contributed by atoms with Crippen LogP contribution in [0, 0.1) is 0 Å². The fourth-order valence-corrected chi connectivity index (χ4v) is 2.12. The maximum atomic E-state index is 11.9. The molecule has 7 nitrogen and oxygen atoms in total. The molecular weight excluding hydrogens is 244 g/mol. The molecule has 1 amide bonds. The van der Waals surface area contributed by atoms with E-state index in [9.17, 15) is 4.79 Å². The number of hydrazine groups is 1. The van der Waals surface area contributed by atoms with Crippen molar-refractivity contribution in [1.29, 1.82) is 0 Å². The summed E-state index contributed by atoms with van der Waals surface area (Å²) in [5, 5.41) is 3.16. The van der Waals surface area contributed by atoms with Gasteiger partial charge in [0.2, 0.25) is 5.91 Å². The smallest absolute Gasteiger partial charge is 0.244 e. The van der Waals surface area contributed by atoms with Gasteiger partial charge in [-0.2, -0.15) is 0 Å². The normalized spacial score (nSPS) is 18.8. The van der Waals surface area contributed by atoms with Crippen LogP contribution in [0.2, 0.25) is 0 Å². The topological polar surface area (TPSA) is 96.2 Å². The Morgan fingerprint density at radius 3 is 2.79 bits per heavy atom. The van der Waals surface area contributed by atoms with Crippen molar-refractivity contribution in [2.75, 3.05) is 24.3 Å². The van der Waals surface area contributed by atoms with Gasteiger partial charge in [-0.3, -0.25) is 4.79 Å². The lowest BCUT2D eigenvalue weighted by Gasteiger charge is -2.14. The number of amides is 1. The first-order valence-corrected chi connectivity index (χ1v) is 6.50. The first kappa shape index (κ1) is 13.5. The molecule has 0 aliphatic carbocycles. The monoisotopic (exact) mass is 264 g/mol. The Kier molecular flexibility index (Phi) is 4.16. The number of nitrogens with two attached hydrogens (primary N) is 1. The molecule has 0 saturated carbocycles. The lowest BCUT2D eigenvalue weighted by Crippen LogP contribution is -2.31. The highest BCUT2D eigenvalue weighted by molar-refractivity contribution is 5.86. The fraction of sp³-hybridized carbons (Fsp3) is 0.583. The zero-order valence-corrected chi connectivity index (χ0v) is 11.3. The minimum atomic E-state index is -0.208. The average molecular weight is 264 g/mol. The van der Waals surface area contributed by atoms with Gasteiger partial charge in [-0.25, -0.2) is 15.8 Å². The van der Waals surface area contributed by atoms with Crippen LogP contribution in [0.15, 0.2) is 6.07 Å². The summed E-state index contributed by atoms with van der Waals surface area (Å²) in [7, 11) is 1.80. The molecule has 1 aromatic rings. The maximum absolute atomic E-state index is 11.9. The second-order valence-electron chi connectivity index (χ2n) is 4.69. The molecular formula is C12H20N6O. The quantitative estimate of drug-likeness (QED) is 0.525. The van der Waals surface area contributed by atoms with Crippen molar-refractivity contribution in [2.24, 2.45) is 5.84 Å². The van der Waals surface area contributed by atoms with E-state index in [1.165, 1.54) is 0 Å². The summed E-state index contributed by atoms with van der Waals surface area (Å²) >= 11 is 0. The number of nitrogens with zero attached hydrogens (tertiary/aromatic N) is 3. The Labute approximate surface area is 112 Å². The van der Waals surface area contributed by atoms with Gasteiger partial charge in [0, 0.05) is 26.1 Å². The van der Waals surface area contributed by atoms with Crippen LogP contribution in [0.3, 0.4) is 0 Å². The van der Waals surface area contributed by atoms with Crippen LogP contribution < -0.4 is 16.6 Å². The molecule has 7 heteroatoms. The zero-order chi connectivity index (χ0) is 13.8. The van der Waals surface area contributed by atoms with Crippen LogP contribution in [-0.2, 0) is 11.2 Å². The highest BCUT2D eigenvalue weighted by Crippen LogP contribution is 2.17. The van der Waals surface area contributed by atoms with Gasteiger partial charge in [0.15, 0.2) is 0 Å². The van der Waals surface area contributed by atoms with Gasteiger partial charge in [-0.15, -0.1) is 0 Å². The summed E-state index contributed by atoms with van der Waals surface area (Å²) in [6.45, 7) is 2.83. The number of likely N-dealkylation sites (tertiary alicyclic amines) is 1. The lowest BCUT2D eigenvalue weighted by molar-refractivity contribution is -0.127. The molecule has 1 unspecified atom stereocenters. The van der Waals surface area contributed by atoms with Crippen LogP contribution in [0.1, 0.15) is 25.6 Å². The lowest BCUT2D eigenvalue weighted by atomic mass is 10.2. The fourth-order valence-electron chi connectivity index (χ4n) is 2.12. The van der Waals surface area contributed by atoms with Gasteiger partial charge in [-0.1, -0.05) is 6.92 Å². The van der Waals surface area contributed by atoms with Crippen LogP contribution in [0.5, 0.6) is 0 Å². The maximum Gasteiger partial charge on any atom is 0.244 e. The van der Waals surface area contributed by atoms with E-state index in [4.69, 9.17) is 5.84 Å². The Bertz CT molecular complexity index is 464. The van der Waals surface area contributed by atoms with E-state index in [1.54, 1.807) is 18.0 Å². The van der Waals surface area contributed by atoms with Crippen molar-refractivity contribution in [3.8, 4) is 0 Å². The van der Waals surface area contributed by atoms with Gasteiger partial charge < -0.3 is 15.6 Å². The van der Waals surface area contributed by atoms with Gasteiger partial charge in [0.05, 0.1) is 0 Å². The van der Waals surface area contributed by atoms with Crippen molar-refractivity contribution >= 4 is 17.5 Å². The number of carbonyl (C=O) groups excluding carboxylic acids is 1. The first-order chi connectivity index (χ1) is 9.13. The number of nitrogens with one attached hydrogen (secondary N) is 2. The van der Waals surface area contributed by atoms with Crippen molar-refractivity contribution in [2.45, 2.75) is 32.2 Å². The number of hydrogen-bond acceptors (Lipinski definition) is 6. The second kappa shape index (κ2) is 5.83. The molecule has 1 fully saturated rings. The van der Waals surface area contributed by atoms with Gasteiger partial charge in [0.25, 0.3) is 0 Å². The molecule has 1 aliphatic rings. The third kappa shape index (κ3) is 3.11. The van der Waals surface area contributed by atoms with Crippen molar-refractivity contribution in [3.63, 3.8) is 0 Å². The van der Waals surface area contributed by atoms with E-state index < -0.39 is 0 Å². The average Bonchev–Trinajstić information content (AvgIpc) is 2.71. The third-order valence-electron chi connectivity index (χ3n) is 3.14. The van der Waals surface area contributed by atoms with E-state index in [0.717, 1.165) is 31.6 Å². The Hall–Kier alpha value is -1.89. The van der Waals surface area contributed by atoms with E-state index in [0.29, 0.717) is 11.6 Å². The SMILES string of the molecule is CCCc1nc(NN)cc(NC2CCN(C)C2=O)n1. The van der Waals surface area contributed by atoms with Crippen molar-refractivity contribution in [1.82, 2.24) is 14.9 Å². The molecule has 1 saturated heterocycles. The first-order valence-electron chi connectivity index (χ1n) is 6.50. The number of rotatable bonds is 5. The molecule has 4 N–H and O–H groups in total. The van der Waals surface area contributed by atoms with Crippen molar-refractivity contribution < 1.29 is 4.79 Å². The number of aryl methyl sites for hydroxylation is 1. The molecule has 1 atom stereocenters. The van der Waals surface area contributed by atoms with E-state index in [-0.39, 0.29) is 11.9 Å². The van der Waals surface area contributed by atoms with Gasteiger partial charge in [-0.05, 0) is 12.8 Å². The third-order valence-corrected chi connectivity index (χ3v) is 3.14. The summed E-state index contributed by atoms with van der Waals surface area (Å²) in [5.41, 5.74) is 2.52. The Morgan fingerprint density at radius 2 is 2.21 bits per heavy atom. The zero-order valence-electron chi connectivity index (χ0n) is 11.3. The molecule has 2 rings (SSSR count). The molecule has 0 aromatic carbocycles. The largest absolute Gasteiger partial charge is 0.358 e. The van der Waals surface area contributed by atoms with E-state index in [1.807, 2.05) is 0 Å². The predicted octanol–water partition coefficient (Wildman–Crippen LogP) is 0.357. The van der Waals surface area contributed by atoms with Crippen LogP contribution in [-0.4, -0.2) is 40.4 Å². The number of aromatic nitrogens is 2. The summed E-state index contributed by atoms with van der Waals surface area (Å²) in [6, 6.07) is 1.50. The second-order valence-corrected chi connectivity index (χ2v) is 4.69. The van der Waals surface area contributed by atoms with Gasteiger partial charge >= 0.3 is 0 Å². The molecule has 0 bridgehead atoms. The predicted molar refractivity (Wildman–Crippen MR) is 73.5 cm³/mol. The number of hydrogen-bond donors (Lipinski definition) is 3. The molecule has 2 heterocycles. The number of anilines is 2. The Balaban J connectivity index is 2.15. The highest BCUT2D eigenvalue weighted by atomic mass is 16.2. The molecule has 0 spiro atoms. The summed E-state index contributed by atoms with van der Waals surface area (Å²) in [6.07, 6.45) is 2.52. The van der Waals surface area contributed by atoms with Crippen LogP contribution >= 0.6 is 0 Å². The molecule has 104 valence electrons. The van der Waals surface area contributed by atoms with Crippen molar-refractivity contribution in [3.05, 3.63) is 11.9 Å². The molecule has 1 aliphatic heterocycles. The number of carbonyl (C=O) groups is 1. The highest BCUT2D eigenvalue weighted by Gasteiger charge is 2.29. The summed E-state index contributed by atoms with van der Waals surface area (Å²) in [5.74, 6) is 7.41. The molecule has 0 radical (unpaired) electrons. The summed E-state index contributed by atoms with van der Waals surface area (Å²) < 4.78 is 0. The van der Waals surface area contributed by atoms with E-state index in [2.05, 4.69) is 27.6 Å². The molecule has 19 heavy (non-hydrogen) atoms. The van der Waals surface area contributed by atoms with E-state index >= 15 is 0 Å². The molecule has 1 aromatic heterocycles. The minimum absolute atomic E-state index is 0.0953. The minimum Gasteiger partial charge on any atom is -0.358 e. The van der Waals surface area contributed by atoms with Gasteiger partial charge in [0.1, 0.15) is 23.5 Å². The number of nitrogen functional groups attached to an aromatic ring is 1.